The van der Waals surface area contributed by atoms with Crippen molar-refractivity contribution in [2.75, 3.05) is 4.90 Å². The average molecular weight is 519 g/mol. The quantitative estimate of drug-likeness (QED) is 0.343. The molecule has 0 unspecified atom stereocenters. The van der Waals surface area contributed by atoms with E-state index in [1.54, 1.807) is 29.2 Å². The van der Waals surface area contributed by atoms with Crippen LogP contribution in [0.1, 0.15) is 64.5 Å². The number of carbonyl (C=O) groups is 3. The Hall–Kier alpha value is -4.39. The topological polar surface area (TPSA) is 85.5 Å². The van der Waals surface area contributed by atoms with Gasteiger partial charge in [0.2, 0.25) is 0 Å². The van der Waals surface area contributed by atoms with Gasteiger partial charge in [-0.2, -0.15) is 0 Å². The highest BCUT2D eigenvalue weighted by Gasteiger charge is 2.53. The van der Waals surface area contributed by atoms with Crippen molar-refractivity contribution in [1.82, 2.24) is 15.2 Å². The van der Waals surface area contributed by atoms with Crippen molar-refractivity contribution in [3.63, 3.8) is 0 Å². The molecule has 3 aliphatic rings. The lowest BCUT2D eigenvalue weighted by atomic mass is 9.87. The van der Waals surface area contributed by atoms with Gasteiger partial charge in [0.25, 0.3) is 11.8 Å². The number of urea groups is 1. The van der Waals surface area contributed by atoms with Gasteiger partial charge < -0.3 is 10.3 Å². The van der Waals surface area contributed by atoms with Crippen molar-refractivity contribution >= 4 is 34.4 Å². The van der Waals surface area contributed by atoms with Crippen LogP contribution < -0.4 is 10.2 Å². The van der Waals surface area contributed by atoms with E-state index in [0.717, 1.165) is 59.0 Å². The molecule has 39 heavy (non-hydrogen) atoms. The number of hydrogen-bond donors (Lipinski definition) is 2. The minimum Gasteiger partial charge on any atom is -0.356 e. The van der Waals surface area contributed by atoms with Crippen LogP contribution in [0.25, 0.3) is 10.9 Å². The van der Waals surface area contributed by atoms with Crippen molar-refractivity contribution < 1.29 is 14.4 Å². The number of carbonyl (C=O) groups excluding carboxylic acids is 3. The van der Waals surface area contributed by atoms with Crippen LogP contribution in [0.4, 0.5) is 10.5 Å². The number of fused-ring (bicyclic) bond motifs is 4. The first-order chi connectivity index (χ1) is 19.0. The first-order valence-corrected chi connectivity index (χ1v) is 13.7. The summed E-state index contributed by atoms with van der Waals surface area (Å²) in [6, 6.07) is 21.7. The Kier molecular flexibility index (Phi) is 5.54. The van der Waals surface area contributed by atoms with Crippen molar-refractivity contribution in [3.8, 4) is 0 Å². The molecular formula is C32H30N4O3. The number of imide groups is 1. The standard InChI is InChI=1S/C32H30N4O3/c1-19-10-2-5-13-21(19)29-28-24(22-14-6-8-16-25(22)34-28)18-27-31(38)36(32(39)35(27)29)26-17-9-7-15-23(26)30(37)33-20-11-3-4-12-20/h2,5-10,13-17,20,27,29,34H,3-4,11-12,18H2,1H3,(H,33,37)/t27-,29-/m0/s1. The van der Waals surface area contributed by atoms with E-state index in [0.29, 0.717) is 17.7 Å². The van der Waals surface area contributed by atoms with E-state index in [2.05, 4.69) is 16.4 Å². The summed E-state index contributed by atoms with van der Waals surface area (Å²) in [4.78, 5) is 48.3. The molecule has 3 heterocycles. The normalized spacial score (nSPS) is 20.9. The van der Waals surface area contributed by atoms with Gasteiger partial charge >= 0.3 is 6.03 Å². The molecular weight excluding hydrogens is 488 g/mol. The van der Waals surface area contributed by atoms with Crippen molar-refractivity contribution in [2.45, 2.75) is 57.2 Å². The van der Waals surface area contributed by atoms with E-state index in [1.807, 2.05) is 49.4 Å². The molecule has 4 aromatic rings. The van der Waals surface area contributed by atoms with Crippen LogP contribution in [-0.2, 0) is 11.2 Å². The maximum absolute atomic E-state index is 14.3. The molecule has 2 atom stereocenters. The Morgan fingerprint density at radius 2 is 1.64 bits per heavy atom. The molecule has 0 radical (unpaired) electrons. The summed E-state index contributed by atoms with van der Waals surface area (Å²) in [5.41, 5.74) is 5.71. The van der Waals surface area contributed by atoms with E-state index >= 15 is 0 Å². The van der Waals surface area contributed by atoms with Crippen LogP contribution in [0.2, 0.25) is 0 Å². The molecule has 1 saturated carbocycles. The number of hydrogen-bond acceptors (Lipinski definition) is 3. The molecule has 196 valence electrons. The third-order valence-corrected chi connectivity index (χ3v) is 8.61. The number of para-hydroxylation sites is 2. The molecule has 0 bridgehead atoms. The lowest BCUT2D eigenvalue weighted by molar-refractivity contribution is -0.120. The highest BCUT2D eigenvalue weighted by atomic mass is 16.2. The van der Waals surface area contributed by atoms with Gasteiger partial charge in [0.1, 0.15) is 12.1 Å². The molecule has 3 aromatic carbocycles. The molecule has 2 N–H and O–H groups in total. The summed E-state index contributed by atoms with van der Waals surface area (Å²) in [5.74, 6) is -0.537. The minimum absolute atomic E-state index is 0.130. The molecule has 2 fully saturated rings. The maximum atomic E-state index is 14.3. The van der Waals surface area contributed by atoms with Gasteiger partial charge in [-0.25, -0.2) is 9.69 Å². The van der Waals surface area contributed by atoms with E-state index < -0.39 is 18.1 Å². The second-order valence-electron chi connectivity index (χ2n) is 10.9. The zero-order valence-corrected chi connectivity index (χ0v) is 21.8. The summed E-state index contributed by atoms with van der Waals surface area (Å²) in [6.45, 7) is 2.03. The number of aromatic amines is 1. The lowest BCUT2D eigenvalue weighted by Gasteiger charge is -2.36. The Labute approximate surface area is 226 Å². The van der Waals surface area contributed by atoms with Gasteiger partial charge in [-0.1, -0.05) is 67.4 Å². The van der Waals surface area contributed by atoms with Gasteiger partial charge in [0.05, 0.1) is 11.3 Å². The van der Waals surface area contributed by atoms with Crippen LogP contribution in [-0.4, -0.2) is 39.8 Å². The number of anilines is 1. The van der Waals surface area contributed by atoms with Gasteiger partial charge in [-0.05, 0) is 54.7 Å². The molecule has 1 aromatic heterocycles. The molecule has 4 amide bonds. The van der Waals surface area contributed by atoms with E-state index in [-0.39, 0.29) is 17.9 Å². The monoisotopic (exact) mass is 518 g/mol. The number of rotatable bonds is 4. The SMILES string of the molecule is Cc1ccccc1[C@H]1c2[nH]c3ccccc3c2C[C@H]2C(=O)N(c3ccccc3C(=O)NC3CCCC3)C(=O)N12. The summed E-state index contributed by atoms with van der Waals surface area (Å²) in [5, 5.41) is 4.19. The van der Waals surface area contributed by atoms with Crippen LogP contribution >= 0.6 is 0 Å². The number of aromatic nitrogens is 1. The summed E-state index contributed by atoms with van der Waals surface area (Å²) >= 11 is 0. The molecule has 7 nitrogen and oxygen atoms in total. The number of aryl methyl sites for hydroxylation is 1. The summed E-state index contributed by atoms with van der Waals surface area (Å²) in [7, 11) is 0. The fourth-order valence-electron chi connectivity index (χ4n) is 6.71. The van der Waals surface area contributed by atoms with Gasteiger partial charge in [0, 0.05) is 29.1 Å². The van der Waals surface area contributed by atoms with E-state index in [4.69, 9.17) is 0 Å². The maximum Gasteiger partial charge on any atom is 0.332 e. The molecule has 7 rings (SSSR count). The molecule has 1 aliphatic carbocycles. The van der Waals surface area contributed by atoms with Crippen LogP contribution in [0.3, 0.4) is 0 Å². The van der Waals surface area contributed by atoms with Crippen LogP contribution in [0, 0.1) is 6.92 Å². The number of amides is 4. The second-order valence-corrected chi connectivity index (χ2v) is 10.9. The number of nitrogens with one attached hydrogen (secondary N) is 2. The largest absolute Gasteiger partial charge is 0.356 e. The smallest absolute Gasteiger partial charge is 0.332 e. The Balaban J connectivity index is 1.34. The van der Waals surface area contributed by atoms with Crippen LogP contribution in [0.5, 0.6) is 0 Å². The van der Waals surface area contributed by atoms with Crippen LogP contribution in [0.15, 0.2) is 72.8 Å². The zero-order chi connectivity index (χ0) is 26.7. The number of benzene rings is 3. The Bertz CT molecular complexity index is 1630. The Morgan fingerprint density at radius 3 is 2.46 bits per heavy atom. The zero-order valence-electron chi connectivity index (χ0n) is 21.8. The Morgan fingerprint density at radius 1 is 0.923 bits per heavy atom. The fourth-order valence-corrected chi connectivity index (χ4v) is 6.71. The van der Waals surface area contributed by atoms with E-state index in [9.17, 15) is 14.4 Å². The predicted octanol–water partition coefficient (Wildman–Crippen LogP) is 5.63. The van der Waals surface area contributed by atoms with Crippen molar-refractivity contribution in [1.29, 1.82) is 0 Å². The molecule has 1 saturated heterocycles. The fraction of sp³-hybridized carbons (Fsp3) is 0.281. The van der Waals surface area contributed by atoms with E-state index in [1.165, 1.54) is 4.90 Å². The van der Waals surface area contributed by atoms with Crippen molar-refractivity contribution in [2.24, 2.45) is 0 Å². The van der Waals surface area contributed by atoms with Gasteiger partial charge in [0.15, 0.2) is 0 Å². The third-order valence-electron chi connectivity index (χ3n) is 8.61. The number of H-pyrrole nitrogens is 1. The average Bonchev–Trinajstić information content (AvgIpc) is 3.65. The van der Waals surface area contributed by atoms with Gasteiger partial charge in [-0.15, -0.1) is 0 Å². The second kappa shape index (κ2) is 9.12. The summed E-state index contributed by atoms with van der Waals surface area (Å²) < 4.78 is 0. The first-order valence-electron chi connectivity index (χ1n) is 13.7. The summed E-state index contributed by atoms with van der Waals surface area (Å²) in [6.07, 6.45) is 4.52. The molecule has 2 aliphatic heterocycles. The number of nitrogens with zero attached hydrogens (tertiary/aromatic N) is 2. The predicted molar refractivity (Wildman–Crippen MR) is 150 cm³/mol. The first kappa shape index (κ1) is 23.7. The third kappa shape index (κ3) is 3.67. The molecule has 7 heteroatoms. The van der Waals surface area contributed by atoms with Gasteiger partial charge in [-0.3, -0.25) is 14.5 Å². The highest BCUT2D eigenvalue weighted by Crippen LogP contribution is 2.45. The highest BCUT2D eigenvalue weighted by molar-refractivity contribution is 6.24. The minimum atomic E-state index is -0.667. The lowest BCUT2D eigenvalue weighted by Crippen LogP contribution is -2.44. The molecule has 0 spiro atoms. The van der Waals surface area contributed by atoms with Crippen molar-refractivity contribution in [3.05, 3.63) is 101 Å².